The van der Waals surface area contributed by atoms with E-state index in [0.29, 0.717) is 12.2 Å². The molecule has 0 saturated carbocycles. The molecule has 0 bridgehead atoms. The van der Waals surface area contributed by atoms with Crippen LogP contribution in [0.1, 0.15) is 17.4 Å². The van der Waals surface area contributed by atoms with Gasteiger partial charge in [-0.3, -0.25) is 9.59 Å². The third kappa shape index (κ3) is 2.76. The predicted molar refractivity (Wildman–Crippen MR) is 73.9 cm³/mol. The van der Waals surface area contributed by atoms with Gasteiger partial charge in [0.25, 0.3) is 5.91 Å². The Kier molecular flexibility index (Phi) is 3.85. The number of benzene rings is 1. The maximum absolute atomic E-state index is 12.3. The second kappa shape index (κ2) is 5.56. The van der Waals surface area contributed by atoms with Crippen molar-refractivity contribution in [2.75, 3.05) is 20.1 Å². The Labute approximate surface area is 111 Å². The van der Waals surface area contributed by atoms with Crippen molar-refractivity contribution in [1.82, 2.24) is 15.2 Å². The van der Waals surface area contributed by atoms with Crippen LogP contribution in [0.3, 0.4) is 0 Å². The summed E-state index contributed by atoms with van der Waals surface area (Å²) in [7, 11) is 1.56. The van der Waals surface area contributed by atoms with E-state index in [9.17, 15) is 9.59 Å². The number of rotatable bonds is 4. The highest BCUT2D eigenvalue weighted by Crippen LogP contribution is 2.15. The van der Waals surface area contributed by atoms with Crippen molar-refractivity contribution in [3.05, 3.63) is 36.0 Å². The van der Waals surface area contributed by atoms with Crippen LogP contribution >= 0.6 is 0 Å². The van der Waals surface area contributed by atoms with Crippen molar-refractivity contribution in [2.45, 2.75) is 6.92 Å². The Balaban J connectivity index is 2.23. The first-order chi connectivity index (χ1) is 9.15. The van der Waals surface area contributed by atoms with Crippen LogP contribution in [0.25, 0.3) is 10.9 Å². The van der Waals surface area contributed by atoms with Crippen molar-refractivity contribution in [1.29, 1.82) is 0 Å². The highest BCUT2D eigenvalue weighted by molar-refractivity contribution is 5.99. The Hall–Kier alpha value is -2.30. The molecule has 5 heteroatoms. The average molecular weight is 259 g/mol. The molecule has 0 radical (unpaired) electrons. The number of carbonyl (C=O) groups excluding carboxylic acids is 2. The number of amides is 2. The molecule has 0 saturated heterocycles. The number of aromatic nitrogens is 1. The number of H-pyrrole nitrogens is 1. The van der Waals surface area contributed by atoms with Gasteiger partial charge in [-0.2, -0.15) is 0 Å². The monoisotopic (exact) mass is 259 g/mol. The highest BCUT2D eigenvalue weighted by atomic mass is 16.2. The number of hydrogen-bond donors (Lipinski definition) is 2. The van der Waals surface area contributed by atoms with Gasteiger partial charge in [-0.25, -0.2) is 0 Å². The third-order valence-corrected chi connectivity index (χ3v) is 3.04. The van der Waals surface area contributed by atoms with Crippen LogP contribution in [0.4, 0.5) is 0 Å². The van der Waals surface area contributed by atoms with Gasteiger partial charge in [-0.1, -0.05) is 18.2 Å². The second-order valence-corrected chi connectivity index (χ2v) is 4.26. The van der Waals surface area contributed by atoms with E-state index in [1.807, 2.05) is 37.3 Å². The second-order valence-electron chi connectivity index (χ2n) is 4.26. The largest absolute Gasteiger partial charge is 0.358 e. The maximum atomic E-state index is 12.3. The van der Waals surface area contributed by atoms with E-state index < -0.39 is 0 Å². The lowest BCUT2D eigenvalue weighted by Crippen LogP contribution is -2.39. The molecule has 1 aromatic carbocycles. The number of carbonyl (C=O) groups is 2. The molecular weight excluding hydrogens is 242 g/mol. The van der Waals surface area contributed by atoms with Crippen LogP contribution in [0.5, 0.6) is 0 Å². The number of para-hydroxylation sites is 1. The fourth-order valence-electron chi connectivity index (χ4n) is 1.94. The van der Waals surface area contributed by atoms with E-state index in [1.54, 1.807) is 7.05 Å². The van der Waals surface area contributed by atoms with Gasteiger partial charge >= 0.3 is 0 Å². The van der Waals surface area contributed by atoms with Crippen LogP contribution in [-0.2, 0) is 4.79 Å². The summed E-state index contributed by atoms with van der Waals surface area (Å²) in [6.07, 6.45) is 0. The minimum Gasteiger partial charge on any atom is -0.358 e. The van der Waals surface area contributed by atoms with Crippen molar-refractivity contribution in [3.8, 4) is 0 Å². The Morgan fingerprint density at radius 1 is 1.32 bits per heavy atom. The van der Waals surface area contributed by atoms with E-state index in [-0.39, 0.29) is 18.4 Å². The van der Waals surface area contributed by atoms with Crippen molar-refractivity contribution >= 4 is 22.7 Å². The van der Waals surface area contributed by atoms with Gasteiger partial charge in [0.1, 0.15) is 5.69 Å². The Bertz CT molecular complexity index is 571. The lowest BCUT2D eigenvalue weighted by atomic mass is 10.2. The van der Waals surface area contributed by atoms with Gasteiger partial charge in [0.15, 0.2) is 0 Å². The predicted octanol–water partition coefficient (Wildman–Crippen LogP) is 1.38. The molecule has 2 rings (SSSR count). The molecule has 1 heterocycles. The zero-order valence-electron chi connectivity index (χ0n) is 11.1. The summed E-state index contributed by atoms with van der Waals surface area (Å²) in [5, 5.41) is 3.51. The van der Waals surface area contributed by atoms with Crippen LogP contribution in [0.2, 0.25) is 0 Å². The molecule has 0 aliphatic rings. The lowest BCUT2D eigenvalue weighted by molar-refractivity contribution is -0.121. The molecule has 1 aromatic heterocycles. The minimum atomic E-state index is -0.175. The van der Waals surface area contributed by atoms with E-state index >= 15 is 0 Å². The fraction of sp³-hybridized carbons (Fsp3) is 0.286. The quantitative estimate of drug-likeness (QED) is 0.871. The van der Waals surface area contributed by atoms with Crippen LogP contribution in [-0.4, -0.2) is 41.8 Å². The summed E-state index contributed by atoms with van der Waals surface area (Å²) in [5.41, 5.74) is 1.42. The smallest absolute Gasteiger partial charge is 0.270 e. The molecule has 100 valence electrons. The molecular formula is C14H17N3O2. The van der Waals surface area contributed by atoms with Crippen LogP contribution in [0.15, 0.2) is 30.3 Å². The van der Waals surface area contributed by atoms with Crippen molar-refractivity contribution < 1.29 is 9.59 Å². The third-order valence-electron chi connectivity index (χ3n) is 3.04. The van der Waals surface area contributed by atoms with E-state index in [2.05, 4.69) is 10.3 Å². The van der Waals surface area contributed by atoms with Gasteiger partial charge in [0.2, 0.25) is 5.91 Å². The molecule has 0 spiro atoms. The first kappa shape index (κ1) is 13.1. The van der Waals surface area contributed by atoms with E-state index in [0.717, 1.165) is 10.9 Å². The zero-order valence-corrected chi connectivity index (χ0v) is 11.1. The standard InChI is InChI=1S/C14H17N3O2/c1-3-17(9-13(18)15-2)14(19)12-8-10-6-4-5-7-11(10)16-12/h4-8,16H,3,9H2,1-2H3,(H,15,18). The van der Waals surface area contributed by atoms with Crippen LogP contribution < -0.4 is 5.32 Å². The summed E-state index contributed by atoms with van der Waals surface area (Å²) in [6, 6.07) is 9.50. The summed E-state index contributed by atoms with van der Waals surface area (Å²) in [6.45, 7) is 2.41. The minimum absolute atomic E-state index is 0.0706. The average Bonchev–Trinajstić information content (AvgIpc) is 2.87. The Morgan fingerprint density at radius 2 is 2.05 bits per heavy atom. The molecule has 0 atom stereocenters. The van der Waals surface area contributed by atoms with Gasteiger partial charge in [0.05, 0.1) is 6.54 Å². The number of hydrogen-bond acceptors (Lipinski definition) is 2. The summed E-state index contributed by atoms with van der Waals surface area (Å²) < 4.78 is 0. The lowest BCUT2D eigenvalue weighted by Gasteiger charge is -2.18. The SMILES string of the molecule is CCN(CC(=O)NC)C(=O)c1cc2ccccc2[nH]1. The van der Waals surface area contributed by atoms with Crippen LogP contribution in [0, 0.1) is 0 Å². The topological polar surface area (TPSA) is 65.2 Å². The van der Waals surface area contributed by atoms with Gasteiger partial charge in [0, 0.05) is 24.5 Å². The van der Waals surface area contributed by atoms with Gasteiger partial charge in [-0.05, 0) is 19.1 Å². The first-order valence-electron chi connectivity index (χ1n) is 6.23. The molecule has 0 fully saturated rings. The molecule has 0 unspecified atom stereocenters. The molecule has 2 aromatic rings. The van der Waals surface area contributed by atoms with Crippen molar-refractivity contribution in [3.63, 3.8) is 0 Å². The number of aromatic amines is 1. The van der Waals surface area contributed by atoms with Gasteiger partial charge in [-0.15, -0.1) is 0 Å². The maximum Gasteiger partial charge on any atom is 0.270 e. The first-order valence-corrected chi connectivity index (χ1v) is 6.23. The summed E-state index contributed by atoms with van der Waals surface area (Å²) in [4.78, 5) is 28.3. The molecule has 0 aliphatic carbocycles. The number of nitrogens with one attached hydrogen (secondary N) is 2. The highest BCUT2D eigenvalue weighted by Gasteiger charge is 2.18. The summed E-state index contributed by atoms with van der Waals surface area (Å²) in [5.74, 6) is -0.339. The van der Waals surface area contributed by atoms with Crippen molar-refractivity contribution in [2.24, 2.45) is 0 Å². The summed E-state index contributed by atoms with van der Waals surface area (Å²) >= 11 is 0. The normalized spacial score (nSPS) is 10.4. The van der Waals surface area contributed by atoms with E-state index in [4.69, 9.17) is 0 Å². The number of nitrogens with zero attached hydrogens (tertiary/aromatic N) is 1. The zero-order chi connectivity index (χ0) is 13.8. The molecule has 0 aliphatic heterocycles. The fourth-order valence-corrected chi connectivity index (χ4v) is 1.94. The van der Waals surface area contributed by atoms with E-state index in [1.165, 1.54) is 4.90 Å². The Morgan fingerprint density at radius 3 is 2.68 bits per heavy atom. The molecule has 19 heavy (non-hydrogen) atoms. The molecule has 5 nitrogen and oxygen atoms in total. The molecule has 2 amide bonds. The number of likely N-dealkylation sites (N-methyl/N-ethyl adjacent to an activating group) is 2. The number of fused-ring (bicyclic) bond motifs is 1. The van der Waals surface area contributed by atoms with Gasteiger partial charge < -0.3 is 15.2 Å². The molecule has 2 N–H and O–H groups in total.